The molecule has 0 saturated carbocycles. The van der Waals surface area contributed by atoms with Crippen LogP contribution in [0.1, 0.15) is 59.7 Å². The monoisotopic (exact) mass is 228 g/mol. The summed E-state index contributed by atoms with van der Waals surface area (Å²) in [5.41, 5.74) is 0. The first-order valence-electron chi connectivity index (χ1n) is 5.36. The molecule has 14 heavy (non-hydrogen) atoms. The maximum absolute atomic E-state index is 9.89. The Bertz CT molecular complexity index is 118. The van der Waals surface area contributed by atoms with Crippen LogP contribution in [0.5, 0.6) is 0 Å². The second-order valence-corrected chi connectivity index (χ2v) is 3.79. The molecule has 4 heteroatoms. The van der Waals surface area contributed by atoms with Gasteiger partial charge < -0.3 is 1.43 Å². The van der Waals surface area contributed by atoms with Crippen molar-refractivity contribution in [2.24, 2.45) is 0 Å². The van der Waals surface area contributed by atoms with Crippen LogP contribution in [0.4, 0.5) is 0 Å². The van der Waals surface area contributed by atoms with E-state index in [0.717, 1.165) is 6.42 Å². The van der Waals surface area contributed by atoms with Crippen molar-refractivity contribution in [3.8, 4) is 0 Å². The van der Waals surface area contributed by atoms with E-state index in [9.17, 15) is 4.57 Å². The summed E-state index contributed by atoms with van der Waals surface area (Å²) in [6, 6.07) is 0. The van der Waals surface area contributed by atoms with Gasteiger partial charge in [0.15, 0.2) is 0 Å². The molecule has 0 atom stereocenters. The van der Waals surface area contributed by atoms with Crippen molar-refractivity contribution in [3.05, 3.63) is 0 Å². The number of hydrogen-bond donors (Lipinski definition) is 0. The van der Waals surface area contributed by atoms with Crippen LogP contribution in [0.15, 0.2) is 0 Å². The van der Waals surface area contributed by atoms with E-state index < -0.39 is 0 Å². The number of rotatable bonds is 10. The molecule has 0 fully saturated rings. The summed E-state index contributed by atoms with van der Waals surface area (Å²) in [7, 11) is -0.177. The minimum absolute atomic E-state index is 0. The molecule has 0 aromatic carbocycles. The van der Waals surface area contributed by atoms with Gasteiger partial charge in [-0.3, -0.25) is 4.52 Å². The Labute approximate surface area is 113 Å². The van der Waals surface area contributed by atoms with Crippen LogP contribution in [-0.4, -0.2) is 6.61 Å². The van der Waals surface area contributed by atoms with Crippen molar-refractivity contribution in [2.75, 3.05) is 6.61 Å². The van der Waals surface area contributed by atoms with Gasteiger partial charge in [0.1, 0.15) is 0 Å². The molecule has 0 amide bonds. The van der Waals surface area contributed by atoms with Gasteiger partial charge in [-0.1, -0.05) is 51.9 Å². The Balaban J connectivity index is -0.000000720. The SMILES string of the molecule is CCCCCCCCCCOP=O.[H-].[Na+]. The molecule has 0 saturated heterocycles. The second kappa shape index (κ2) is 16.5. The molecule has 0 N–H and O–H groups in total. The maximum atomic E-state index is 9.89. The third-order valence-corrected chi connectivity index (χ3v) is 2.43. The smallest absolute Gasteiger partial charge is 1.00 e. The van der Waals surface area contributed by atoms with Crippen LogP contribution in [0, 0.1) is 0 Å². The van der Waals surface area contributed by atoms with Gasteiger partial charge >= 0.3 is 38.2 Å². The van der Waals surface area contributed by atoms with E-state index in [0.29, 0.717) is 6.61 Å². The first-order valence-corrected chi connectivity index (χ1v) is 6.09. The summed E-state index contributed by atoms with van der Waals surface area (Å²) < 4.78 is 14.6. The van der Waals surface area contributed by atoms with E-state index in [1.165, 1.54) is 44.9 Å². The zero-order valence-corrected chi connectivity index (χ0v) is 12.5. The quantitative estimate of drug-likeness (QED) is 0.321. The van der Waals surface area contributed by atoms with Gasteiger partial charge in [-0.05, 0) is 6.42 Å². The molecule has 0 bridgehead atoms. The van der Waals surface area contributed by atoms with Gasteiger partial charge in [0.2, 0.25) is 0 Å². The summed E-state index contributed by atoms with van der Waals surface area (Å²) in [5.74, 6) is 0. The number of hydrogen-bond acceptors (Lipinski definition) is 2. The molecular formula is C10H22NaO2P. The average molecular weight is 228 g/mol. The normalized spacial score (nSPS) is 10.1. The predicted molar refractivity (Wildman–Crippen MR) is 57.3 cm³/mol. The van der Waals surface area contributed by atoms with Crippen LogP contribution >= 0.6 is 8.69 Å². The summed E-state index contributed by atoms with van der Waals surface area (Å²) in [6.07, 6.45) is 10.3. The fourth-order valence-electron chi connectivity index (χ4n) is 1.34. The van der Waals surface area contributed by atoms with Crippen LogP contribution in [-0.2, 0) is 9.09 Å². The summed E-state index contributed by atoms with van der Waals surface area (Å²) in [4.78, 5) is 0. The van der Waals surface area contributed by atoms with Crippen molar-refractivity contribution >= 4 is 8.69 Å². The van der Waals surface area contributed by atoms with E-state index in [4.69, 9.17) is 4.52 Å². The van der Waals surface area contributed by atoms with Gasteiger partial charge in [0.25, 0.3) is 0 Å². The van der Waals surface area contributed by atoms with Crippen molar-refractivity contribution in [1.82, 2.24) is 0 Å². The van der Waals surface area contributed by atoms with E-state index >= 15 is 0 Å². The molecule has 0 unspecified atom stereocenters. The van der Waals surface area contributed by atoms with Crippen molar-refractivity contribution in [2.45, 2.75) is 58.3 Å². The van der Waals surface area contributed by atoms with E-state index in [1.807, 2.05) is 0 Å². The van der Waals surface area contributed by atoms with Gasteiger partial charge in [-0.2, -0.15) is 0 Å². The minimum Gasteiger partial charge on any atom is -1.00 e. The van der Waals surface area contributed by atoms with Crippen molar-refractivity contribution in [1.29, 1.82) is 0 Å². The largest absolute Gasteiger partial charge is 1.00 e. The van der Waals surface area contributed by atoms with Gasteiger partial charge in [-0.25, -0.2) is 4.57 Å². The molecule has 0 aliphatic rings. The zero-order valence-electron chi connectivity index (χ0n) is 10.6. The standard InChI is InChI=1S/C10H21O2P.Na.H/c1-2-3-4-5-6-7-8-9-10-12-13-11;;/h2-10H2,1H3;;/q;+1;-1. The van der Waals surface area contributed by atoms with Crippen LogP contribution in [0.25, 0.3) is 0 Å². The molecule has 0 aliphatic carbocycles. The van der Waals surface area contributed by atoms with Crippen molar-refractivity contribution < 1.29 is 40.1 Å². The molecule has 0 spiro atoms. The predicted octanol–water partition coefficient (Wildman–Crippen LogP) is 1.47. The second-order valence-electron chi connectivity index (χ2n) is 3.38. The van der Waals surface area contributed by atoms with Gasteiger partial charge in [0, 0.05) is 0 Å². The molecule has 0 heterocycles. The van der Waals surface area contributed by atoms with E-state index in [1.54, 1.807) is 0 Å². The fraction of sp³-hybridized carbons (Fsp3) is 1.00. The number of unbranched alkanes of at least 4 members (excludes halogenated alkanes) is 7. The summed E-state index contributed by atoms with van der Waals surface area (Å²) in [5, 5.41) is 0. The summed E-state index contributed by atoms with van der Waals surface area (Å²) in [6.45, 7) is 2.87. The topological polar surface area (TPSA) is 26.3 Å². The Morgan fingerprint density at radius 1 is 1.00 bits per heavy atom. The van der Waals surface area contributed by atoms with Crippen LogP contribution < -0.4 is 29.6 Å². The third kappa shape index (κ3) is 15.5. The Morgan fingerprint density at radius 2 is 1.50 bits per heavy atom. The van der Waals surface area contributed by atoms with Crippen molar-refractivity contribution in [3.63, 3.8) is 0 Å². The Kier molecular flexibility index (Phi) is 20.6. The molecule has 0 radical (unpaired) electrons. The van der Waals surface area contributed by atoms with Gasteiger partial charge in [0.05, 0.1) is 6.61 Å². The molecule has 80 valence electrons. The molecule has 2 nitrogen and oxygen atoms in total. The molecular weight excluding hydrogens is 206 g/mol. The average Bonchev–Trinajstić information content (AvgIpc) is 2.16. The third-order valence-electron chi connectivity index (χ3n) is 2.14. The first kappa shape index (κ1) is 17.5. The molecule has 0 aromatic rings. The summed E-state index contributed by atoms with van der Waals surface area (Å²) >= 11 is 0. The van der Waals surface area contributed by atoms with Crippen LogP contribution in [0.3, 0.4) is 0 Å². The fourth-order valence-corrected chi connectivity index (χ4v) is 1.54. The Morgan fingerprint density at radius 3 is 2.00 bits per heavy atom. The molecule has 0 aliphatic heterocycles. The first-order chi connectivity index (χ1) is 6.41. The van der Waals surface area contributed by atoms with Gasteiger partial charge in [-0.15, -0.1) is 0 Å². The molecule has 0 aromatic heterocycles. The van der Waals surface area contributed by atoms with E-state index in [-0.39, 0.29) is 39.7 Å². The van der Waals surface area contributed by atoms with Crippen LogP contribution in [0.2, 0.25) is 0 Å². The zero-order chi connectivity index (χ0) is 9.78. The Hall–Kier alpha value is 1.06. The minimum atomic E-state index is -0.177. The molecule has 0 rings (SSSR count). The van der Waals surface area contributed by atoms with E-state index in [2.05, 4.69) is 6.92 Å². The maximum Gasteiger partial charge on any atom is 1.00 e.